The third kappa shape index (κ3) is 3.91. The second-order valence-corrected chi connectivity index (χ2v) is 8.73. The van der Waals surface area contributed by atoms with Gasteiger partial charge in [0.25, 0.3) is 5.91 Å². The average molecular weight is 467 g/mol. The van der Waals surface area contributed by atoms with Gasteiger partial charge >= 0.3 is 0 Å². The van der Waals surface area contributed by atoms with Crippen LogP contribution in [0.15, 0.2) is 43.2 Å². The van der Waals surface area contributed by atoms with E-state index in [0.717, 1.165) is 12.1 Å². The maximum Gasteiger partial charge on any atom is 0.274 e. The Bertz CT molecular complexity index is 1210. The number of halogens is 3. The van der Waals surface area contributed by atoms with Gasteiger partial charge in [0.1, 0.15) is 39.9 Å². The molecule has 3 aromatic heterocycles. The van der Waals surface area contributed by atoms with E-state index in [2.05, 4.69) is 15.1 Å². The molecule has 0 aliphatic carbocycles. The number of aromatic nitrogens is 5. The lowest BCUT2D eigenvalue weighted by Crippen LogP contribution is -2.52. The monoisotopic (exact) mass is 466 g/mol. The molecular weight excluding hydrogens is 450 g/mol. The van der Waals surface area contributed by atoms with E-state index >= 15 is 0 Å². The Kier molecular flexibility index (Phi) is 5.50. The highest BCUT2D eigenvalue weighted by molar-refractivity contribution is 7.20. The minimum absolute atomic E-state index is 0.139. The highest BCUT2D eigenvalue weighted by Crippen LogP contribution is 2.33. The number of amides is 1. The van der Waals surface area contributed by atoms with Crippen molar-refractivity contribution in [3.8, 4) is 0 Å². The average Bonchev–Trinajstić information content (AvgIpc) is 3.42. The Morgan fingerprint density at radius 3 is 2.81 bits per heavy atom. The van der Waals surface area contributed by atoms with Crippen LogP contribution >= 0.6 is 22.9 Å². The fourth-order valence-corrected chi connectivity index (χ4v) is 4.40. The van der Waals surface area contributed by atoms with Crippen LogP contribution in [0.5, 0.6) is 0 Å². The summed E-state index contributed by atoms with van der Waals surface area (Å²) in [6, 6.07) is 1.94. The van der Waals surface area contributed by atoms with E-state index in [1.54, 1.807) is 17.5 Å². The van der Waals surface area contributed by atoms with Crippen molar-refractivity contribution in [1.29, 1.82) is 0 Å². The number of fused-ring (bicyclic) bond motifs is 1. The minimum Gasteiger partial charge on any atom is -0.381 e. The number of benzene rings is 1. The van der Waals surface area contributed by atoms with Crippen LogP contribution in [0.4, 0.5) is 8.78 Å². The van der Waals surface area contributed by atoms with Gasteiger partial charge in [-0.05, 0) is 13.0 Å². The molecule has 0 bridgehead atoms. The van der Waals surface area contributed by atoms with E-state index in [1.807, 2.05) is 0 Å². The number of aliphatic hydroxyl groups is 1. The lowest BCUT2D eigenvalue weighted by Gasteiger charge is -2.39. The molecule has 0 saturated heterocycles. The predicted octanol–water partition coefficient (Wildman–Crippen LogP) is 2.97. The largest absolute Gasteiger partial charge is 0.381 e. The Labute approximate surface area is 184 Å². The van der Waals surface area contributed by atoms with Gasteiger partial charge in [-0.2, -0.15) is 5.10 Å². The van der Waals surface area contributed by atoms with Crippen LogP contribution in [0.1, 0.15) is 23.0 Å². The first kappa shape index (κ1) is 21.3. The number of imidazole rings is 1. The Morgan fingerprint density at radius 1 is 1.39 bits per heavy atom. The van der Waals surface area contributed by atoms with Crippen molar-refractivity contribution in [2.75, 3.05) is 7.05 Å². The Balaban J connectivity index is 1.70. The SMILES string of the molecule is C[C@@H](N(C)C(=O)c1cn2cc(Cl)sc2n1)[C@](O)(Cn1cncn1)c1ccc(F)cc1F. The number of rotatable bonds is 6. The van der Waals surface area contributed by atoms with Crippen molar-refractivity contribution >= 4 is 33.8 Å². The fourth-order valence-electron chi connectivity index (χ4n) is 3.39. The summed E-state index contributed by atoms with van der Waals surface area (Å²) in [6.45, 7) is 1.34. The Morgan fingerprint density at radius 2 is 2.16 bits per heavy atom. The van der Waals surface area contributed by atoms with E-state index in [1.165, 1.54) is 46.8 Å². The minimum atomic E-state index is -1.95. The quantitative estimate of drug-likeness (QED) is 0.472. The number of carbonyl (C=O) groups excluding carboxylic acids is 1. The maximum atomic E-state index is 14.7. The zero-order valence-electron chi connectivity index (χ0n) is 16.4. The predicted molar refractivity (Wildman–Crippen MR) is 110 cm³/mol. The summed E-state index contributed by atoms with van der Waals surface area (Å²) in [4.78, 5) is 23.0. The van der Waals surface area contributed by atoms with Crippen LogP contribution in [0, 0.1) is 11.6 Å². The van der Waals surface area contributed by atoms with Gasteiger partial charge in [0.05, 0.1) is 12.6 Å². The van der Waals surface area contributed by atoms with Crippen LogP contribution in [0.3, 0.4) is 0 Å². The first-order chi connectivity index (χ1) is 14.7. The van der Waals surface area contributed by atoms with Crippen molar-refractivity contribution in [1.82, 2.24) is 29.0 Å². The van der Waals surface area contributed by atoms with Crippen LogP contribution in [0.25, 0.3) is 4.96 Å². The zero-order valence-corrected chi connectivity index (χ0v) is 18.0. The molecule has 4 aromatic rings. The van der Waals surface area contributed by atoms with Crippen LogP contribution < -0.4 is 0 Å². The standard InChI is InChI=1S/C19H17ClF2N6O2S/c1-11(26(2)17(29)15-6-27-7-16(20)31-18(27)25-15)19(30,8-28-10-23-9-24-28)13-4-3-12(21)5-14(13)22/h3-7,9-11,30H,8H2,1-2H3/t11-,19-/m1/s1. The molecule has 12 heteroatoms. The van der Waals surface area contributed by atoms with E-state index in [0.29, 0.717) is 15.4 Å². The lowest BCUT2D eigenvalue weighted by molar-refractivity contribution is -0.0501. The molecule has 0 unspecified atom stereocenters. The molecule has 162 valence electrons. The topological polar surface area (TPSA) is 88.5 Å². The molecule has 0 aliphatic rings. The van der Waals surface area contributed by atoms with Crippen molar-refractivity contribution in [3.63, 3.8) is 0 Å². The van der Waals surface area contributed by atoms with Gasteiger partial charge in [0.2, 0.25) is 0 Å². The molecular formula is C19H17ClF2N6O2S. The molecule has 3 heterocycles. The lowest BCUT2D eigenvalue weighted by atomic mass is 9.85. The van der Waals surface area contributed by atoms with Crippen LogP contribution in [0.2, 0.25) is 4.34 Å². The van der Waals surface area contributed by atoms with Gasteiger partial charge in [0.15, 0.2) is 4.96 Å². The van der Waals surface area contributed by atoms with Crippen molar-refractivity contribution in [2.24, 2.45) is 0 Å². The van der Waals surface area contributed by atoms with E-state index in [9.17, 15) is 18.7 Å². The zero-order chi connectivity index (χ0) is 22.3. The first-order valence-corrected chi connectivity index (χ1v) is 10.3. The number of hydrogen-bond acceptors (Lipinski definition) is 6. The van der Waals surface area contributed by atoms with E-state index in [4.69, 9.17) is 11.6 Å². The summed E-state index contributed by atoms with van der Waals surface area (Å²) in [5, 5.41) is 15.6. The molecule has 31 heavy (non-hydrogen) atoms. The van der Waals surface area contributed by atoms with Gasteiger partial charge in [-0.3, -0.25) is 9.20 Å². The second-order valence-electron chi connectivity index (χ2n) is 7.08. The third-order valence-corrected chi connectivity index (χ3v) is 6.32. The highest BCUT2D eigenvalue weighted by atomic mass is 35.5. The smallest absolute Gasteiger partial charge is 0.274 e. The number of nitrogens with zero attached hydrogens (tertiary/aromatic N) is 6. The molecule has 8 nitrogen and oxygen atoms in total. The van der Waals surface area contributed by atoms with E-state index < -0.39 is 29.2 Å². The van der Waals surface area contributed by atoms with Gasteiger partial charge in [-0.1, -0.05) is 29.0 Å². The highest BCUT2D eigenvalue weighted by Gasteiger charge is 2.43. The van der Waals surface area contributed by atoms with Crippen LogP contribution in [-0.2, 0) is 12.1 Å². The summed E-state index contributed by atoms with van der Waals surface area (Å²) in [6.07, 6.45) is 5.78. The molecule has 0 fully saturated rings. The van der Waals surface area contributed by atoms with Gasteiger partial charge in [-0.15, -0.1) is 0 Å². The van der Waals surface area contributed by atoms with Crippen molar-refractivity contribution in [3.05, 3.63) is 70.5 Å². The fraction of sp³-hybridized carbons (Fsp3) is 0.263. The molecule has 4 rings (SSSR count). The second kappa shape index (κ2) is 7.98. The molecule has 0 spiro atoms. The van der Waals surface area contributed by atoms with Crippen molar-refractivity contribution < 1.29 is 18.7 Å². The summed E-state index contributed by atoms with van der Waals surface area (Å²) in [7, 11) is 1.47. The van der Waals surface area contributed by atoms with Crippen molar-refractivity contribution in [2.45, 2.75) is 25.1 Å². The third-order valence-electron chi connectivity index (χ3n) is 5.21. The molecule has 0 saturated carbocycles. The van der Waals surface area contributed by atoms with Gasteiger partial charge in [-0.25, -0.2) is 23.4 Å². The Hall–Kier alpha value is -2.89. The number of hydrogen-bond donors (Lipinski definition) is 1. The molecule has 2 atom stereocenters. The number of likely N-dealkylation sites (N-methyl/N-ethyl adjacent to an activating group) is 1. The van der Waals surface area contributed by atoms with Crippen LogP contribution in [-0.4, -0.2) is 53.2 Å². The summed E-state index contributed by atoms with van der Waals surface area (Å²) in [5.41, 5.74) is -1.98. The number of thiazole rings is 1. The van der Waals surface area contributed by atoms with Gasteiger partial charge in [0, 0.05) is 31.1 Å². The summed E-state index contributed by atoms with van der Waals surface area (Å²) >= 11 is 7.16. The first-order valence-electron chi connectivity index (χ1n) is 9.10. The summed E-state index contributed by atoms with van der Waals surface area (Å²) in [5.74, 6) is -2.20. The molecule has 1 amide bonds. The maximum absolute atomic E-state index is 14.7. The normalized spacial score (nSPS) is 14.5. The number of carbonyl (C=O) groups is 1. The van der Waals surface area contributed by atoms with E-state index in [-0.39, 0.29) is 17.8 Å². The molecule has 1 N–H and O–H groups in total. The molecule has 0 radical (unpaired) electrons. The summed E-state index contributed by atoms with van der Waals surface area (Å²) < 4.78 is 31.6. The molecule has 0 aliphatic heterocycles. The molecule has 1 aromatic carbocycles. The van der Waals surface area contributed by atoms with Gasteiger partial charge < -0.3 is 10.0 Å².